The standard InChI is InChI=1S/C21H15N3O4/c25-20(15-10-5-2-6-11-15)23-22-17-13-7-12-16-18(14-8-3-1-4-9-14)21(24(26)27)28-19(16)17/h1-11,13H,12H2,(H,23,25)/b22-17+. The van der Waals surface area contributed by atoms with Gasteiger partial charge in [-0.25, -0.2) is 5.43 Å². The monoisotopic (exact) mass is 373 g/mol. The quantitative estimate of drug-likeness (QED) is 0.550. The third-order valence-corrected chi connectivity index (χ3v) is 4.36. The zero-order valence-corrected chi connectivity index (χ0v) is 14.7. The third-order valence-electron chi connectivity index (χ3n) is 4.36. The number of rotatable bonds is 4. The molecular formula is C21H15N3O4. The van der Waals surface area contributed by atoms with Crippen LogP contribution >= 0.6 is 0 Å². The molecule has 1 aliphatic rings. The van der Waals surface area contributed by atoms with Gasteiger partial charge < -0.3 is 4.42 Å². The molecule has 1 aromatic heterocycles. The second-order valence-electron chi connectivity index (χ2n) is 6.12. The van der Waals surface area contributed by atoms with Gasteiger partial charge in [0.1, 0.15) is 16.2 Å². The van der Waals surface area contributed by atoms with Crippen LogP contribution in [0.3, 0.4) is 0 Å². The number of hydrazone groups is 1. The number of nitro groups is 1. The van der Waals surface area contributed by atoms with E-state index in [4.69, 9.17) is 4.42 Å². The molecule has 1 aliphatic carbocycles. The number of carbonyl (C=O) groups is 1. The van der Waals surface area contributed by atoms with Crippen molar-refractivity contribution in [1.29, 1.82) is 0 Å². The van der Waals surface area contributed by atoms with Crippen molar-refractivity contribution in [1.82, 2.24) is 5.43 Å². The van der Waals surface area contributed by atoms with Crippen molar-refractivity contribution in [3.05, 3.63) is 99.8 Å². The summed E-state index contributed by atoms with van der Waals surface area (Å²) in [4.78, 5) is 23.2. The highest BCUT2D eigenvalue weighted by Crippen LogP contribution is 2.40. The van der Waals surface area contributed by atoms with Crippen LogP contribution < -0.4 is 5.43 Å². The summed E-state index contributed by atoms with van der Waals surface area (Å²) < 4.78 is 5.57. The van der Waals surface area contributed by atoms with Gasteiger partial charge in [0.15, 0.2) is 5.76 Å². The van der Waals surface area contributed by atoms with Gasteiger partial charge in [-0.2, -0.15) is 5.10 Å². The van der Waals surface area contributed by atoms with E-state index in [0.29, 0.717) is 40.1 Å². The molecule has 0 fully saturated rings. The first-order valence-electron chi connectivity index (χ1n) is 8.60. The van der Waals surface area contributed by atoms with E-state index < -0.39 is 4.92 Å². The Hall–Kier alpha value is -4.00. The van der Waals surface area contributed by atoms with Gasteiger partial charge in [-0.3, -0.25) is 14.9 Å². The normalized spacial score (nSPS) is 13.9. The lowest BCUT2D eigenvalue weighted by molar-refractivity contribution is -0.401. The number of carbonyl (C=O) groups excluding carboxylic acids is 1. The highest BCUT2D eigenvalue weighted by atomic mass is 16.6. The van der Waals surface area contributed by atoms with Crippen molar-refractivity contribution in [3.8, 4) is 11.1 Å². The Morgan fingerprint density at radius 1 is 1.07 bits per heavy atom. The Labute approximate surface area is 160 Å². The van der Waals surface area contributed by atoms with Crippen molar-refractivity contribution in [2.24, 2.45) is 5.10 Å². The molecule has 3 aromatic rings. The van der Waals surface area contributed by atoms with Crippen LogP contribution in [0.1, 0.15) is 21.7 Å². The fraction of sp³-hybridized carbons (Fsp3) is 0.0476. The first-order valence-corrected chi connectivity index (χ1v) is 8.60. The number of furan rings is 1. The Balaban J connectivity index is 1.73. The Morgan fingerprint density at radius 3 is 2.43 bits per heavy atom. The first-order chi connectivity index (χ1) is 13.6. The zero-order valence-electron chi connectivity index (χ0n) is 14.7. The summed E-state index contributed by atoms with van der Waals surface area (Å²) in [5.41, 5.74) is 5.07. The second-order valence-corrected chi connectivity index (χ2v) is 6.12. The van der Waals surface area contributed by atoms with Crippen LogP contribution in [-0.2, 0) is 6.42 Å². The molecule has 0 saturated heterocycles. The highest BCUT2D eigenvalue weighted by molar-refractivity contribution is 6.11. The average molecular weight is 373 g/mol. The minimum absolute atomic E-state index is 0.293. The van der Waals surface area contributed by atoms with Crippen molar-refractivity contribution in [2.45, 2.75) is 6.42 Å². The lowest BCUT2D eigenvalue weighted by Crippen LogP contribution is -2.20. The predicted molar refractivity (Wildman–Crippen MR) is 104 cm³/mol. The number of allylic oxidation sites excluding steroid dienone is 2. The number of nitrogens with zero attached hydrogens (tertiary/aromatic N) is 2. The number of nitrogens with one attached hydrogen (secondary N) is 1. The molecule has 0 bridgehead atoms. The molecule has 0 radical (unpaired) electrons. The van der Waals surface area contributed by atoms with Gasteiger partial charge in [0.25, 0.3) is 5.91 Å². The van der Waals surface area contributed by atoms with Crippen molar-refractivity contribution in [2.75, 3.05) is 0 Å². The summed E-state index contributed by atoms with van der Waals surface area (Å²) in [6.07, 6.45) is 3.99. The topological polar surface area (TPSA) is 97.7 Å². The molecule has 1 amide bonds. The van der Waals surface area contributed by atoms with Gasteiger partial charge in [0, 0.05) is 11.1 Å². The molecule has 1 heterocycles. The zero-order chi connectivity index (χ0) is 19.5. The number of hydrogen-bond donors (Lipinski definition) is 1. The van der Waals surface area contributed by atoms with E-state index in [2.05, 4.69) is 10.5 Å². The van der Waals surface area contributed by atoms with Crippen molar-refractivity contribution >= 4 is 17.5 Å². The molecule has 0 unspecified atom stereocenters. The van der Waals surface area contributed by atoms with Gasteiger partial charge in [0.05, 0.1) is 0 Å². The Kier molecular flexibility index (Phi) is 4.55. The molecule has 7 heteroatoms. The second kappa shape index (κ2) is 7.32. The first kappa shape index (κ1) is 17.4. The number of hydrogen-bond acceptors (Lipinski definition) is 5. The maximum absolute atomic E-state index is 12.2. The van der Waals surface area contributed by atoms with E-state index in [1.54, 1.807) is 42.5 Å². The molecule has 138 valence electrons. The van der Waals surface area contributed by atoms with Gasteiger partial charge in [-0.05, 0) is 30.2 Å². The molecule has 28 heavy (non-hydrogen) atoms. The largest absolute Gasteiger partial charge is 0.441 e. The van der Waals surface area contributed by atoms with Crippen LogP contribution in [0.4, 0.5) is 5.88 Å². The number of amides is 1. The predicted octanol–water partition coefficient (Wildman–Crippen LogP) is 4.10. The van der Waals surface area contributed by atoms with Gasteiger partial charge in [-0.15, -0.1) is 0 Å². The summed E-state index contributed by atoms with van der Waals surface area (Å²) in [6, 6.07) is 17.7. The molecule has 2 aromatic carbocycles. The summed E-state index contributed by atoms with van der Waals surface area (Å²) >= 11 is 0. The fourth-order valence-corrected chi connectivity index (χ4v) is 3.10. The van der Waals surface area contributed by atoms with Crippen LogP contribution in [0, 0.1) is 10.1 Å². The van der Waals surface area contributed by atoms with E-state index in [-0.39, 0.29) is 11.8 Å². The molecule has 0 aliphatic heterocycles. The smallest absolute Gasteiger partial charge is 0.398 e. The molecule has 4 rings (SSSR count). The van der Waals surface area contributed by atoms with E-state index in [1.165, 1.54) is 0 Å². The molecule has 1 N–H and O–H groups in total. The fourth-order valence-electron chi connectivity index (χ4n) is 3.10. The summed E-state index contributed by atoms with van der Waals surface area (Å²) in [6.45, 7) is 0. The molecule has 0 saturated carbocycles. The highest BCUT2D eigenvalue weighted by Gasteiger charge is 2.32. The van der Waals surface area contributed by atoms with Crippen LogP contribution in [0.5, 0.6) is 0 Å². The molecular weight excluding hydrogens is 358 g/mol. The Bertz CT molecular complexity index is 1100. The van der Waals surface area contributed by atoms with Crippen LogP contribution in [-0.4, -0.2) is 16.5 Å². The summed E-state index contributed by atoms with van der Waals surface area (Å²) in [5, 5.41) is 15.7. The number of fused-ring (bicyclic) bond motifs is 1. The van der Waals surface area contributed by atoms with E-state index in [1.807, 2.05) is 30.3 Å². The van der Waals surface area contributed by atoms with Crippen LogP contribution in [0.2, 0.25) is 0 Å². The molecule has 7 nitrogen and oxygen atoms in total. The number of benzene rings is 2. The SMILES string of the molecule is O=C(N/N=C1\C=CCc2c1oc([N+](=O)[O-])c2-c1ccccc1)c1ccccc1. The lowest BCUT2D eigenvalue weighted by atomic mass is 9.95. The minimum Gasteiger partial charge on any atom is -0.398 e. The third kappa shape index (κ3) is 3.21. The molecule has 0 spiro atoms. The maximum atomic E-state index is 12.2. The van der Waals surface area contributed by atoms with Crippen molar-refractivity contribution in [3.63, 3.8) is 0 Å². The van der Waals surface area contributed by atoms with Crippen LogP contribution in [0.15, 0.2) is 82.3 Å². The summed E-state index contributed by atoms with van der Waals surface area (Å²) in [5.74, 6) is -0.415. The Morgan fingerprint density at radius 2 is 1.75 bits per heavy atom. The van der Waals surface area contributed by atoms with Gasteiger partial charge in [-0.1, -0.05) is 54.6 Å². The van der Waals surface area contributed by atoms with E-state index >= 15 is 0 Å². The summed E-state index contributed by atoms with van der Waals surface area (Å²) in [7, 11) is 0. The van der Waals surface area contributed by atoms with Crippen molar-refractivity contribution < 1.29 is 14.1 Å². The maximum Gasteiger partial charge on any atom is 0.441 e. The van der Waals surface area contributed by atoms with Gasteiger partial charge in [0.2, 0.25) is 0 Å². The lowest BCUT2D eigenvalue weighted by Gasteiger charge is -2.08. The minimum atomic E-state index is -0.541. The average Bonchev–Trinajstić information content (AvgIpc) is 3.14. The molecule has 0 atom stereocenters. The van der Waals surface area contributed by atoms with E-state index in [9.17, 15) is 14.9 Å². The van der Waals surface area contributed by atoms with E-state index in [0.717, 1.165) is 0 Å². The van der Waals surface area contributed by atoms with Crippen LogP contribution in [0.25, 0.3) is 11.1 Å². The van der Waals surface area contributed by atoms with Gasteiger partial charge >= 0.3 is 5.88 Å².